The summed E-state index contributed by atoms with van der Waals surface area (Å²) in [6.45, 7) is 2.83. The molecular formula is C13H15BrN4O3. The normalized spacial score (nSPS) is 16.8. The number of carbonyl (C=O) groups is 3. The third-order valence-corrected chi connectivity index (χ3v) is 3.67. The Morgan fingerprint density at radius 3 is 2.62 bits per heavy atom. The van der Waals surface area contributed by atoms with Crippen molar-refractivity contribution in [3.05, 3.63) is 22.7 Å². The van der Waals surface area contributed by atoms with E-state index in [1.165, 1.54) is 0 Å². The van der Waals surface area contributed by atoms with E-state index >= 15 is 0 Å². The van der Waals surface area contributed by atoms with Gasteiger partial charge in [-0.25, -0.2) is 4.79 Å². The Balaban J connectivity index is 2.06. The first-order chi connectivity index (χ1) is 9.70. The molecule has 1 aliphatic heterocycles. The topological polar surface area (TPSA) is 105 Å². The van der Waals surface area contributed by atoms with E-state index in [-0.39, 0.29) is 6.54 Å². The lowest BCUT2D eigenvalue weighted by atomic mass is 10.1. The van der Waals surface area contributed by atoms with Crippen LogP contribution in [-0.4, -0.2) is 34.8 Å². The minimum Gasteiger partial charge on any atom is -0.399 e. The molecule has 7 nitrogen and oxygen atoms in total. The van der Waals surface area contributed by atoms with Crippen molar-refractivity contribution in [1.82, 2.24) is 10.2 Å². The van der Waals surface area contributed by atoms with Gasteiger partial charge in [0.15, 0.2) is 0 Å². The van der Waals surface area contributed by atoms with Gasteiger partial charge in [0.25, 0.3) is 5.91 Å². The quantitative estimate of drug-likeness (QED) is 0.561. The molecule has 0 unspecified atom stereocenters. The Morgan fingerprint density at radius 1 is 1.43 bits per heavy atom. The third-order valence-electron chi connectivity index (χ3n) is 3.01. The van der Waals surface area contributed by atoms with Crippen LogP contribution in [0.15, 0.2) is 22.7 Å². The maximum absolute atomic E-state index is 12.0. The number of hydrogen-bond acceptors (Lipinski definition) is 4. The van der Waals surface area contributed by atoms with Crippen molar-refractivity contribution in [3.63, 3.8) is 0 Å². The van der Waals surface area contributed by atoms with Gasteiger partial charge < -0.3 is 16.4 Å². The van der Waals surface area contributed by atoms with Crippen LogP contribution in [0.4, 0.5) is 16.2 Å². The number of nitrogen functional groups attached to an aromatic ring is 1. The van der Waals surface area contributed by atoms with Crippen LogP contribution < -0.4 is 16.4 Å². The summed E-state index contributed by atoms with van der Waals surface area (Å²) in [5.74, 6) is -0.902. The SMILES string of the molecule is CC1(C)NC(=O)N(CC(=O)Nc2ccc(N)cc2Br)C1=O. The Labute approximate surface area is 130 Å². The maximum atomic E-state index is 12.0. The van der Waals surface area contributed by atoms with Gasteiger partial charge in [-0.1, -0.05) is 0 Å². The number of carbonyl (C=O) groups excluding carboxylic acids is 3. The molecule has 0 atom stereocenters. The molecule has 4 amide bonds. The summed E-state index contributed by atoms with van der Waals surface area (Å²) in [7, 11) is 0. The zero-order chi connectivity index (χ0) is 15.8. The van der Waals surface area contributed by atoms with Gasteiger partial charge in [-0.3, -0.25) is 14.5 Å². The molecule has 112 valence electrons. The van der Waals surface area contributed by atoms with Crippen LogP contribution in [-0.2, 0) is 9.59 Å². The summed E-state index contributed by atoms with van der Waals surface area (Å²) in [5, 5.41) is 5.13. The molecule has 0 saturated carbocycles. The maximum Gasteiger partial charge on any atom is 0.325 e. The molecule has 4 N–H and O–H groups in total. The van der Waals surface area contributed by atoms with E-state index in [2.05, 4.69) is 26.6 Å². The molecule has 8 heteroatoms. The number of rotatable bonds is 3. The average Bonchev–Trinajstić information content (AvgIpc) is 2.55. The van der Waals surface area contributed by atoms with Crippen LogP contribution in [0.25, 0.3) is 0 Å². The molecule has 21 heavy (non-hydrogen) atoms. The largest absolute Gasteiger partial charge is 0.399 e. The van der Waals surface area contributed by atoms with Gasteiger partial charge in [-0.2, -0.15) is 0 Å². The van der Waals surface area contributed by atoms with Crippen molar-refractivity contribution in [2.45, 2.75) is 19.4 Å². The first-order valence-corrected chi connectivity index (χ1v) is 6.99. The summed E-state index contributed by atoms with van der Waals surface area (Å²) >= 11 is 3.28. The van der Waals surface area contributed by atoms with Crippen LogP contribution in [0.2, 0.25) is 0 Å². The second-order valence-electron chi connectivity index (χ2n) is 5.23. The van der Waals surface area contributed by atoms with Crippen LogP contribution in [0.5, 0.6) is 0 Å². The minimum atomic E-state index is -0.987. The van der Waals surface area contributed by atoms with Crippen molar-refractivity contribution < 1.29 is 14.4 Å². The van der Waals surface area contributed by atoms with Crippen LogP contribution in [0, 0.1) is 0 Å². The van der Waals surface area contributed by atoms with Gasteiger partial charge in [-0.15, -0.1) is 0 Å². The van der Waals surface area contributed by atoms with Crippen molar-refractivity contribution in [2.75, 3.05) is 17.6 Å². The van der Waals surface area contributed by atoms with Gasteiger partial charge in [0.05, 0.1) is 5.69 Å². The summed E-state index contributed by atoms with van der Waals surface area (Å²) in [4.78, 5) is 36.5. The lowest BCUT2D eigenvalue weighted by Gasteiger charge is -2.16. The number of halogens is 1. The zero-order valence-electron chi connectivity index (χ0n) is 11.6. The second-order valence-corrected chi connectivity index (χ2v) is 6.09. The molecule has 1 heterocycles. The summed E-state index contributed by atoms with van der Waals surface area (Å²) in [6, 6.07) is 4.34. The van der Waals surface area contributed by atoms with E-state index in [1.54, 1.807) is 32.0 Å². The number of nitrogens with one attached hydrogen (secondary N) is 2. The molecule has 1 aromatic rings. The number of anilines is 2. The number of imide groups is 1. The molecule has 0 bridgehead atoms. The predicted molar refractivity (Wildman–Crippen MR) is 81.5 cm³/mol. The molecule has 1 saturated heterocycles. The first kappa shape index (κ1) is 15.3. The molecule has 1 aromatic carbocycles. The van der Waals surface area contributed by atoms with Gasteiger partial charge in [-0.05, 0) is 48.0 Å². The van der Waals surface area contributed by atoms with Gasteiger partial charge in [0, 0.05) is 10.2 Å². The van der Waals surface area contributed by atoms with E-state index < -0.39 is 23.4 Å². The Hall–Kier alpha value is -2.09. The highest BCUT2D eigenvalue weighted by molar-refractivity contribution is 9.10. The molecular weight excluding hydrogens is 340 g/mol. The molecule has 1 fully saturated rings. The summed E-state index contributed by atoms with van der Waals surface area (Å²) in [5.41, 5.74) is 5.69. The average molecular weight is 355 g/mol. The fourth-order valence-electron chi connectivity index (χ4n) is 1.93. The summed E-state index contributed by atoms with van der Waals surface area (Å²) in [6.07, 6.45) is 0. The van der Waals surface area contributed by atoms with Gasteiger partial charge in [0.1, 0.15) is 12.1 Å². The van der Waals surface area contributed by atoms with E-state index in [1.807, 2.05) is 0 Å². The van der Waals surface area contributed by atoms with E-state index in [0.29, 0.717) is 15.8 Å². The van der Waals surface area contributed by atoms with Crippen molar-refractivity contribution in [1.29, 1.82) is 0 Å². The van der Waals surface area contributed by atoms with Crippen molar-refractivity contribution in [2.24, 2.45) is 0 Å². The number of urea groups is 1. The number of amides is 4. The second kappa shape index (κ2) is 5.36. The zero-order valence-corrected chi connectivity index (χ0v) is 13.2. The summed E-state index contributed by atoms with van der Waals surface area (Å²) < 4.78 is 0.619. The predicted octanol–water partition coefficient (Wildman–Crippen LogP) is 1.30. The highest BCUT2D eigenvalue weighted by Crippen LogP contribution is 2.24. The van der Waals surface area contributed by atoms with Gasteiger partial charge in [0.2, 0.25) is 5.91 Å². The van der Waals surface area contributed by atoms with Crippen molar-refractivity contribution >= 4 is 45.2 Å². The smallest absolute Gasteiger partial charge is 0.325 e. The Bertz CT molecular complexity index is 630. The Morgan fingerprint density at radius 2 is 2.10 bits per heavy atom. The first-order valence-electron chi connectivity index (χ1n) is 6.20. The number of hydrogen-bond donors (Lipinski definition) is 3. The molecule has 0 radical (unpaired) electrons. The number of benzene rings is 1. The lowest BCUT2D eigenvalue weighted by Crippen LogP contribution is -2.41. The van der Waals surface area contributed by atoms with E-state index in [0.717, 1.165) is 4.90 Å². The molecule has 0 aliphatic carbocycles. The highest BCUT2D eigenvalue weighted by atomic mass is 79.9. The minimum absolute atomic E-state index is 0.342. The van der Waals surface area contributed by atoms with E-state index in [4.69, 9.17) is 5.73 Å². The van der Waals surface area contributed by atoms with Gasteiger partial charge >= 0.3 is 6.03 Å². The molecule has 1 aliphatic rings. The fourth-order valence-corrected chi connectivity index (χ4v) is 2.42. The van der Waals surface area contributed by atoms with Crippen LogP contribution in [0.1, 0.15) is 13.8 Å². The molecule has 0 aromatic heterocycles. The Kier molecular flexibility index (Phi) is 3.91. The standard InChI is InChI=1S/C13H15BrN4O3/c1-13(2)11(20)18(12(21)17-13)6-10(19)16-9-4-3-7(15)5-8(9)14/h3-5H,6,15H2,1-2H3,(H,16,19)(H,17,21). The molecule has 2 rings (SSSR count). The molecule has 0 spiro atoms. The number of nitrogens with two attached hydrogens (primary N) is 1. The number of nitrogens with zero attached hydrogens (tertiary/aromatic N) is 1. The third kappa shape index (κ3) is 3.15. The van der Waals surface area contributed by atoms with E-state index in [9.17, 15) is 14.4 Å². The van der Waals surface area contributed by atoms with Crippen molar-refractivity contribution in [3.8, 4) is 0 Å². The van der Waals surface area contributed by atoms with Crippen LogP contribution >= 0.6 is 15.9 Å². The van der Waals surface area contributed by atoms with Crippen LogP contribution in [0.3, 0.4) is 0 Å². The highest BCUT2D eigenvalue weighted by Gasteiger charge is 2.44. The monoisotopic (exact) mass is 354 g/mol. The lowest BCUT2D eigenvalue weighted by molar-refractivity contribution is -0.132. The fraction of sp³-hybridized carbons (Fsp3) is 0.308.